The Labute approximate surface area is 171 Å². The number of rotatable bonds is 4. The van der Waals surface area contributed by atoms with Crippen LogP contribution in [-0.2, 0) is 9.53 Å². The van der Waals surface area contributed by atoms with Crippen LogP contribution in [0.25, 0.3) is 0 Å². The van der Waals surface area contributed by atoms with E-state index >= 15 is 0 Å². The molecule has 2 unspecified atom stereocenters. The van der Waals surface area contributed by atoms with Gasteiger partial charge >= 0.3 is 12.1 Å². The Morgan fingerprint density at radius 2 is 1.77 bits per heavy atom. The molecule has 3 aliphatic rings. The van der Waals surface area contributed by atoms with Crippen LogP contribution in [0.4, 0.5) is 29.7 Å². The number of urea groups is 1. The molecule has 9 nitrogen and oxygen atoms in total. The third kappa shape index (κ3) is 3.17. The van der Waals surface area contributed by atoms with E-state index in [-0.39, 0.29) is 49.5 Å². The standard InChI is InChI=1S/C19H23F2N5O4/c1-10(27)22-6-12-7-26(17(29)30-12)11-4-13(20)15(14(21)5-11)25-8-18(2)19(3,9-25)24-16(28)23-18/h4-5,12H,6-9H2,1-3H3,(H,22,27)(H2,23,24,28)/t12-,18?,19?/m0/s1. The Balaban J connectivity index is 1.55. The fourth-order valence-electron chi connectivity index (χ4n) is 4.32. The Morgan fingerprint density at radius 1 is 1.20 bits per heavy atom. The highest BCUT2D eigenvalue weighted by Gasteiger charge is 2.58. The van der Waals surface area contributed by atoms with Crippen molar-refractivity contribution in [2.45, 2.75) is 38.0 Å². The van der Waals surface area contributed by atoms with Crippen LogP contribution in [0.2, 0.25) is 0 Å². The lowest BCUT2D eigenvalue weighted by molar-refractivity contribution is -0.119. The van der Waals surface area contributed by atoms with E-state index in [1.807, 2.05) is 13.8 Å². The normalized spacial score (nSPS) is 30.1. The molecule has 1 aromatic rings. The summed E-state index contributed by atoms with van der Waals surface area (Å²) in [6.07, 6.45) is -1.35. The average Bonchev–Trinajstić information content (AvgIpc) is 3.16. The zero-order chi connectivity index (χ0) is 21.8. The van der Waals surface area contributed by atoms with E-state index in [1.54, 1.807) is 4.90 Å². The van der Waals surface area contributed by atoms with Gasteiger partial charge in [-0.25, -0.2) is 18.4 Å². The van der Waals surface area contributed by atoms with E-state index in [4.69, 9.17) is 4.74 Å². The maximum Gasteiger partial charge on any atom is 0.414 e. The average molecular weight is 423 g/mol. The zero-order valence-electron chi connectivity index (χ0n) is 16.8. The molecule has 162 valence electrons. The molecule has 4 rings (SSSR count). The summed E-state index contributed by atoms with van der Waals surface area (Å²) in [6.45, 7) is 5.61. The number of hydrogen-bond acceptors (Lipinski definition) is 5. The van der Waals surface area contributed by atoms with Gasteiger partial charge in [-0.15, -0.1) is 0 Å². The molecule has 0 bridgehead atoms. The molecule has 0 spiro atoms. The fourth-order valence-corrected chi connectivity index (χ4v) is 4.32. The van der Waals surface area contributed by atoms with E-state index in [0.29, 0.717) is 0 Å². The first-order chi connectivity index (χ1) is 14.0. The van der Waals surface area contributed by atoms with Gasteiger partial charge in [0, 0.05) is 32.1 Å². The number of fused-ring (bicyclic) bond motifs is 1. The lowest BCUT2D eigenvalue weighted by Crippen LogP contribution is -2.55. The quantitative estimate of drug-likeness (QED) is 0.673. The summed E-state index contributed by atoms with van der Waals surface area (Å²) in [5, 5.41) is 8.19. The van der Waals surface area contributed by atoms with Crippen molar-refractivity contribution in [1.82, 2.24) is 16.0 Å². The molecule has 3 aliphatic heterocycles. The summed E-state index contributed by atoms with van der Waals surface area (Å²) in [6, 6.07) is 1.87. The van der Waals surface area contributed by atoms with Crippen LogP contribution in [0, 0.1) is 11.6 Å². The molecule has 0 radical (unpaired) electrons. The molecule has 3 heterocycles. The summed E-state index contributed by atoms with van der Waals surface area (Å²) >= 11 is 0. The summed E-state index contributed by atoms with van der Waals surface area (Å²) in [5.74, 6) is -1.90. The number of hydrogen-bond donors (Lipinski definition) is 3. The predicted octanol–water partition coefficient (Wildman–Crippen LogP) is 1.08. The van der Waals surface area contributed by atoms with E-state index in [9.17, 15) is 23.2 Å². The number of ether oxygens (including phenoxy) is 1. The lowest BCUT2D eigenvalue weighted by atomic mass is 9.85. The van der Waals surface area contributed by atoms with Gasteiger partial charge < -0.3 is 25.6 Å². The molecular formula is C19H23F2N5O4. The number of nitrogens with zero attached hydrogens (tertiary/aromatic N) is 2. The third-order valence-corrected chi connectivity index (χ3v) is 6.09. The predicted molar refractivity (Wildman–Crippen MR) is 103 cm³/mol. The largest absolute Gasteiger partial charge is 0.442 e. The number of carbonyl (C=O) groups is 3. The Kier molecular flexibility index (Phi) is 4.51. The number of nitrogens with one attached hydrogen (secondary N) is 3. The van der Waals surface area contributed by atoms with Crippen molar-refractivity contribution in [3.63, 3.8) is 0 Å². The second-order valence-electron chi connectivity index (χ2n) is 8.41. The molecule has 3 N–H and O–H groups in total. The molecule has 3 atom stereocenters. The number of anilines is 2. The Bertz CT molecular complexity index is 898. The van der Waals surface area contributed by atoms with Gasteiger partial charge in [0.1, 0.15) is 11.8 Å². The first kappa shape index (κ1) is 20.2. The van der Waals surface area contributed by atoms with Gasteiger partial charge in [0.2, 0.25) is 5.91 Å². The Morgan fingerprint density at radius 3 is 2.30 bits per heavy atom. The second kappa shape index (κ2) is 6.71. The summed E-state index contributed by atoms with van der Waals surface area (Å²) in [5.41, 5.74) is -1.55. The molecule has 3 saturated heterocycles. The molecule has 30 heavy (non-hydrogen) atoms. The maximum absolute atomic E-state index is 15.0. The van der Waals surface area contributed by atoms with Crippen molar-refractivity contribution in [2.75, 3.05) is 36.0 Å². The zero-order valence-corrected chi connectivity index (χ0v) is 16.8. The van der Waals surface area contributed by atoms with Gasteiger partial charge in [0.15, 0.2) is 11.6 Å². The van der Waals surface area contributed by atoms with Crippen LogP contribution < -0.4 is 25.8 Å². The van der Waals surface area contributed by atoms with Gasteiger partial charge in [-0.1, -0.05) is 0 Å². The van der Waals surface area contributed by atoms with Crippen LogP contribution in [-0.4, -0.2) is 61.4 Å². The van der Waals surface area contributed by atoms with E-state index in [1.165, 1.54) is 6.92 Å². The van der Waals surface area contributed by atoms with E-state index in [2.05, 4.69) is 16.0 Å². The van der Waals surface area contributed by atoms with Gasteiger partial charge in [0.25, 0.3) is 0 Å². The summed E-state index contributed by atoms with van der Waals surface area (Å²) < 4.78 is 35.1. The van der Waals surface area contributed by atoms with Crippen molar-refractivity contribution in [3.8, 4) is 0 Å². The second-order valence-corrected chi connectivity index (χ2v) is 8.41. The molecule has 1 aromatic carbocycles. The van der Waals surface area contributed by atoms with Crippen LogP contribution in [0.15, 0.2) is 12.1 Å². The highest BCUT2D eigenvalue weighted by molar-refractivity contribution is 5.90. The smallest absolute Gasteiger partial charge is 0.414 e. The molecule has 4 amide bonds. The van der Waals surface area contributed by atoms with Crippen LogP contribution in [0.1, 0.15) is 20.8 Å². The van der Waals surface area contributed by atoms with Gasteiger partial charge in [-0.2, -0.15) is 0 Å². The van der Waals surface area contributed by atoms with Crippen molar-refractivity contribution >= 4 is 29.4 Å². The molecule has 11 heteroatoms. The first-order valence-electron chi connectivity index (χ1n) is 9.58. The van der Waals surface area contributed by atoms with E-state index in [0.717, 1.165) is 17.0 Å². The minimum Gasteiger partial charge on any atom is -0.442 e. The number of halogens is 2. The monoisotopic (exact) mass is 423 g/mol. The molecule has 0 aromatic heterocycles. The molecule has 3 fully saturated rings. The third-order valence-electron chi connectivity index (χ3n) is 6.09. The number of cyclic esters (lactones) is 1. The van der Waals surface area contributed by atoms with Crippen molar-refractivity contribution in [3.05, 3.63) is 23.8 Å². The SMILES string of the molecule is CC(=O)NC[C@H]1CN(c2cc(F)c(N3CC4(C)NC(=O)NC4(C)C3)c(F)c2)C(=O)O1. The lowest BCUT2D eigenvalue weighted by Gasteiger charge is -2.30. The van der Waals surface area contributed by atoms with Gasteiger partial charge in [0.05, 0.1) is 29.9 Å². The van der Waals surface area contributed by atoms with Crippen molar-refractivity contribution in [2.24, 2.45) is 0 Å². The highest BCUT2D eigenvalue weighted by atomic mass is 19.1. The maximum atomic E-state index is 15.0. The van der Waals surface area contributed by atoms with Gasteiger partial charge in [-0.3, -0.25) is 9.69 Å². The number of amides is 4. The fraction of sp³-hybridized carbons (Fsp3) is 0.526. The van der Waals surface area contributed by atoms with Gasteiger partial charge in [-0.05, 0) is 13.8 Å². The molecule has 0 aliphatic carbocycles. The van der Waals surface area contributed by atoms with Crippen LogP contribution in [0.3, 0.4) is 0 Å². The summed E-state index contributed by atoms with van der Waals surface area (Å²) in [4.78, 5) is 37.5. The Hall–Kier alpha value is -3.11. The number of benzene rings is 1. The van der Waals surface area contributed by atoms with Crippen molar-refractivity contribution in [1.29, 1.82) is 0 Å². The molecular weight excluding hydrogens is 400 g/mol. The first-order valence-corrected chi connectivity index (χ1v) is 9.58. The van der Waals surface area contributed by atoms with Crippen LogP contribution in [0.5, 0.6) is 0 Å². The topological polar surface area (TPSA) is 103 Å². The molecule has 0 saturated carbocycles. The summed E-state index contributed by atoms with van der Waals surface area (Å²) in [7, 11) is 0. The number of carbonyl (C=O) groups excluding carboxylic acids is 3. The minimum atomic E-state index is -0.818. The van der Waals surface area contributed by atoms with Crippen molar-refractivity contribution < 1.29 is 27.9 Å². The van der Waals surface area contributed by atoms with E-state index < -0.39 is 34.9 Å². The minimum absolute atomic E-state index is 0.0346. The van der Waals surface area contributed by atoms with Crippen LogP contribution >= 0.6 is 0 Å². The highest BCUT2D eigenvalue weighted by Crippen LogP contribution is 2.40.